The van der Waals surface area contributed by atoms with Crippen LogP contribution in [0.25, 0.3) is 0 Å². The van der Waals surface area contributed by atoms with Gasteiger partial charge < -0.3 is 20.6 Å². The lowest BCUT2D eigenvalue weighted by Crippen LogP contribution is -2.68. The van der Waals surface area contributed by atoms with Gasteiger partial charge >= 0.3 is 22.2 Å². The summed E-state index contributed by atoms with van der Waals surface area (Å²) in [6.07, 6.45) is -0.766. The molecule has 1 aliphatic heterocycles. The average Bonchev–Trinajstić information content (AvgIpc) is 3.43. The number of ether oxygens (including phenoxy) is 1. The third kappa shape index (κ3) is 7.53. The number of hydrogen-bond donors (Lipinski definition) is 5. The smallest absolute Gasteiger partial charge is 0.353 e. The molecular formula is C26H28N8O8S2. The molecule has 2 heterocycles. The number of hydrogen-bond acceptors (Lipinski definition) is 13. The van der Waals surface area contributed by atoms with Gasteiger partial charge in [0.25, 0.3) is 11.8 Å². The zero-order chi connectivity index (χ0) is 32.1. The monoisotopic (exact) mass is 644 g/mol. The Kier molecular flexibility index (Phi) is 9.58. The fourth-order valence-electron chi connectivity index (χ4n) is 3.77. The maximum Gasteiger partial charge on any atom is 0.353 e. The number of benzene rings is 2. The summed E-state index contributed by atoms with van der Waals surface area (Å²) in [5, 5.41) is 7.78. The largest absolute Gasteiger partial charge is 0.450 e. The average molecular weight is 645 g/mol. The maximum absolute atomic E-state index is 13.3. The van der Waals surface area contributed by atoms with Gasteiger partial charge in [0, 0.05) is 5.38 Å². The Morgan fingerprint density at radius 3 is 2.18 bits per heavy atom. The van der Waals surface area contributed by atoms with Gasteiger partial charge in [-0.15, -0.1) is 16.2 Å². The normalized spacial score (nSPS) is 15.4. The molecule has 16 nitrogen and oxygen atoms in total. The van der Waals surface area contributed by atoms with Crippen molar-refractivity contribution in [3.05, 3.63) is 82.9 Å². The van der Waals surface area contributed by atoms with Crippen LogP contribution in [-0.4, -0.2) is 66.0 Å². The van der Waals surface area contributed by atoms with Crippen LogP contribution in [0.4, 0.5) is 9.93 Å². The number of carbonyl (C=O) groups excluding carboxylic acids is 4. The first kappa shape index (κ1) is 32.0. The van der Waals surface area contributed by atoms with Gasteiger partial charge in [0.2, 0.25) is 5.60 Å². The summed E-state index contributed by atoms with van der Waals surface area (Å²) in [5.74, 6) is 2.16. The van der Waals surface area contributed by atoms with E-state index in [-0.39, 0.29) is 17.4 Å². The Labute approximate surface area is 255 Å². The molecule has 1 atom stereocenters. The van der Waals surface area contributed by atoms with Gasteiger partial charge in [-0.1, -0.05) is 65.8 Å². The molecule has 0 spiro atoms. The second-order valence-electron chi connectivity index (χ2n) is 9.72. The Morgan fingerprint density at radius 2 is 1.68 bits per heavy atom. The number of carbonyl (C=O) groups is 4. The Balaban J connectivity index is 1.49. The molecule has 4 amide bonds. The maximum atomic E-state index is 13.3. The molecule has 18 heteroatoms. The number of oxime groups is 1. The van der Waals surface area contributed by atoms with Crippen molar-refractivity contribution in [1.29, 1.82) is 0 Å². The van der Waals surface area contributed by atoms with Gasteiger partial charge in [0.15, 0.2) is 16.9 Å². The van der Waals surface area contributed by atoms with E-state index in [0.29, 0.717) is 16.0 Å². The van der Waals surface area contributed by atoms with Crippen molar-refractivity contribution < 1.29 is 37.2 Å². The van der Waals surface area contributed by atoms with Crippen LogP contribution < -0.4 is 26.4 Å². The van der Waals surface area contributed by atoms with Gasteiger partial charge in [0.1, 0.15) is 11.7 Å². The second kappa shape index (κ2) is 13.2. The molecule has 1 aromatic heterocycles. The van der Waals surface area contributed by atoms with E-state index in [9.17, 15) is 27.6 Å². The number of urea groups is 1. The number of esters is 1. The third-order valence-electron chi connectivity index (χ3n) is 6.12. The van der Waals surface area contributed by atoms with Crippen LogP contribution >= 0.6 is 11.3 Å². The number of nitrogens with two attached hydrogens (primary N) is 2. The van der Waals surface area contributed by atoms with Crippen LogP contribution in [0.1, 0.15) is 36.8 Å². The number of rotatable bonds is 11. The summed E-state index contributed by atoms with van der Waals surface area (Å²) in [4.78, 5) is 62.5. The number of hydrazine groups is 1. The molecule has 3 aromatic rings. The van der Waals surface area contributed by atoms with E-state index >= 15 is 0 Å². The fourth-order valence-corrected chi connectivity index (χ4v) is 4.72. The molecule has 1 fully saturated rings. The first-order chi connectivity index (χ1) is 20.8. The highest BCUT2D eigenvalue weighted by Gasteiger charge is 2.44. The van der Waals surface area contributed by atoms with Crippen molar-refractivity contribution in [2.75, 3.05) is 12.3 Å². The lowest BCUT2D eigenvalue weighted by Gasteiger charge is -2.36. The molecule has 44 heavy (non-hydrogen) atoms. The lowest BCUT2D eigenvalue weighted by molar-refractivity contribution is -0.172. The molecule has 0 radical (unpaired) electrons. The molecule has 1 aliphatic rings. The highest BCUT2D eigenvalue weighted by atomic mass is 32.2. The zero-order valence-corrected chi connectivity index (χ0v) is 24.9. The predicted molar refractivity (Wildman–Crippen MR) is 157 cm³/mol. The van der Waals surface area contributed by atoms with Crippen LogP contribution in [0, 0.1) is 0 Å². The Morgan fingerprint density at radius 1 is 1.09 bits per heavy atom. The summed E-state index contributed by atoms with van der Waals surface area (Å²) in [6.45, 7) is 2.43. The van der Waals surface area contributed by atoms with Gasteiger partial charge in [0.05, 0.1) is 6.54 Å². The molecule has 0 saturated carbocycles. The first-order valence-electron chi connectivity index (χ1n) is 12.8. The van der Waals surface area contributed by atoms with E-state index in [0.717, 1.165) is 11.3 Å². The molecule has 232 valence electrons. The van der Waals surface area contributed by atoms with Gasteiger partial charge in [-0.05, 0) is 25.0 Å². The van der Waals surface area contributed by atoms with Crippen LogP contribution in [0.2, 0.25) is 0 Å². The number of imide groups is 1. The zero-order valence-electron chi connectivity index (χ0n) is 23.3. The van der Waals surface area contributed by atoms with Crippen molar-refractivity contribution in [3.8, 4) is 0 Å². The van der Waals surface area contributed by atoms with Gasteiger partial charge in [-0.3, -0.25) is 20.3 Å². The number of nitrogens with one attached hydrogen (secondary N) is 3. The van der Waals surface area contributed by atoms with E-state index in [1.807, 2.05) is 60.7 Å². The van der Waals surface area contributed by atoms with Gasteiger partial charge in [-0.25, -0.2) is 19.3 Å². The molecular weight excluding hydrogens is 616 g/mol. The van der Waals surface area contributed by atoms with Crippen LogP contribution in [0.15, 0.2) is 71.2 Å². The van der Waals surface area contributed by atoms with Crippen LogP contribution in [0.3, 0.4) is 0 Å². The van der Waals surface area contributed by atoms with Crippen molar-refractivity contribution >= 4 is 56.2 Å². The number of nitrogens with zero attached hydrogens (tertiary/aromatic N) is 3. The molecule has 1 saturated heterocycles. The van der Waals surface area contributed by atoms with E-state index in [1.165, 1.54) is 28.8 Å². The summed E-state index contributed by atoms with van der Waals surface area (Å²) in [6, 6.07) is 15.7. The minimum absolute atomic E-state index is 0.0119. The predicted octanol–water partition coefficient (Wildman–Crippen LogP) is 0.302. The lowest BCUT2D eigenvalue weighted by atomic mass is 10.0. The fraction of sp³-hybridized carbons (Fsp3) is 0.231. The highest BCUT2D eigenvalue weighted by molar-refractivity contribution is 7.88. The van der Waals surface area contributed by atoms with Crippen LogP contribution in [-0.2, 0) is 34.2 Å². The number of amides is 4. The van der Waals surface area contributed by atoms with Crippen molar-refractivity contribution in [1.82, 2.24) is 24.8 Å². The highest BCUT2D eigenvalue weighted by Crippen LogP contribution is 2.28. The summed E-state index contributed by atoms with van der Waals surface area (Å²) < 4.78 is 30.2. The van der Waals surface area contributed by atoms with Crippen molar-refractivity contribution in [2.24, 2.45) is 11.0 Å². The molecule has 2 aromatic carbocycles. The number of nitrogen functional groups attached to an aromatic ring is 1. The van der Waals surface area contributed by atoms with E-state index in [1.54, 1.807) is 0 Å². The first-order valence-corrected chi connectivity index (χ1v) is 15.1. The molecule has 0 aliphatic carbocycles. The number of likely N-dealkylation sites (tertiary alicyclic amines) is 1. The topological polar surface area (TPSA) is 237 Å². The second-order valence-corrected chi connectivity index (χ2v) is 12.1. The van der Waals surface area contributed by atoms with E-state index in [4.69, 9.17) is 21.2 Å². The minimum Gasteiger partial charge on any atom is -0.450 e. The number of β-lactam (4-membered cyclic amide) rings is 1. The van der Waals surface area contributed by atoms with Crippen molar-refractivity contribution in [3.63, 3.8) is 0 Å². The SMILES string of the molecule is CC(C)(ON=C(C(=O)NC1CN(C(=O)NS(=O)(=O)NN)C1=O)c1csc(N)n1)C(=O)OC(c1ccccc1)c1ccccc1. The number of thiazole rings is 1. The van der Waals surface area contributed by atoms with E-state index < -0.39 is 57.5 Å². The number of anilines is 1. The van der Waals surface area contributed by atoms with Gasteiger partial charge in [-0.2, -0.15) is 8.42 Å². The number of aromatic nitrogens is 1. The Bertz CT molecular complexity index is 1640. The van der Waals surface area contributed by atoms with E-state index in [2.05, 4.69) is 15.5 Å². The molecule has 4 rings (SSSR count). The Hall–Kier alpha value is -4.91. The molecule has 0 bridgehead atoms. The summed E-state index contributed by atoms with van der Waals surface area (Å²) in [7, 11) is -4.36. The summed E-state index contributed by atoms with van der Waals surface area (Å²) in [5.41, 5.74) is 5.01. The minimum atomic E-state index is -4.36. The third-order valence-corrected chi connectivity index (χ3v) is 7.55. The van der Waals surface area contributed by atoms with Crippen molar-refractivity contribution in [2.45, 2.75) is 31.6 Å². The molecule has 7 N–H and O–H groups in total. The quantitative estimate of drug-likeness (QED) is 0.0625. The standard InChI is InChI=1S/C26H28N8O8S2/c1-26(2,23(37)41-20(15-9-5-3-6-10-15)16-11-7-4-8-12-16)42-31-19(18-14-43-24(27)30-18)21(35)29-17-13-34(22(17)36)25(38)32-44(39,40)33-28/h3-12,14,17,20,33H,13,28H2,1-2H3,(H2,27,30)(H,29,35)(H,32,38). The molecule has 1 unspecified atom stereocenters. The van der Waals surface area contributed by atoms with Crippen LogP contribution in [0.5, 0.6) is 0 Å². The summed E-state index contributed by atoms with van der Waals surface area (Å²) >= 11 is 1.00.